The lowest BCUT2D eigenvalue weighted by atomic mass is 9.85. The van der Waals surface area contributed by atoms with Gasteiger partial charge in [-0.1, -0.05) is 41.9 Å². The zero-order chi connectivity index (χ0) is 15.7. The largest absolute Gasteiger partial charge is 0.382 e. The SMILES string of the molecule is CCOCCCNC(N)=NCC(C)(C)c1ccc(Br)cc1.I. The molecule has 6 heteroatoms. The van der Waals surface area contributed by atoms with Gasteiger partial charge in [-0.2, -0.15) is 0 Å². The van der Waals surface area contributed by atoms with Gasteiger partial charge in [-0.3, -0.25) is 4.99 Å². The lowest BCUT2D eigenvalue weighted by Crippen LogP contribution is -2.34. The minimum absolute atomic E-state index is 0. The number of halogens is 2. The van der Waals surface area contributed by atoms with Gasteiger partial charge in [0.1, 0.15) is 0 Å². The van der Waals surface area contributed by atoms with E-state index in [9.17, 15) is 0 Å². The van der Waals surface area contributed by atoms with Crippen LogP contribution in [0.3, 0.4) is 0 Å². The van der Waals surface area contributed by atoms with Crippen LogP contribution in [-0.2, 0) is 10.2 Å². The number of hydrogen-bond acceptors (Lipinski definition) is 2. The van der Waals surface area contributed by atoms with Crippen LogP contribution in [0.1, 0.15) is 32.8 Å². The zero-order valence-corrected chi connectivity index (χ0v) is 17.5. The molecule has 22 heavy (non-hydrogen) atoms. The molecule has 0 amide bonds. The van der Waals surface area contributed by atoms with E-state index >= 15 is 0 Å². The summed E-state index contributed by atoms with van der Waals surface area (Å²) in [7, 11) is 0. The summed E-state index contributed by atoms with van der Waals surface area (Å²) < 4.78 is 6.36. The number of benzene rings is 1. The predicted molar refractivity (Wildman–Crippen MR) is 108 cm³/mol. The van der Waals surface area contributed by atoms with Gasteiger partial charge in [0.15, 0.2) is 5.96 Å². The van der Waals surface area contributed by atoms with Crippen LogP contribution < -0.4 is 11.1 Å². The van der Waals surface area contributed by atoms with Crippen LogP contribution in [-0.4, -0.2) is 32.3 Å². The third kappa shape index (κ3) is 8.33. The van der Waals surface area contributed by atoms with Crippen molar-refractivity contribution in [2.75, 3.05) is 26.3 Å². The molecule has 3 N–H and O–H groups in total. The van der Waals surface area contributed by atoms with E-state index in [1.165, 1.54) is 5.56 Å². The van der Waals surface area contributed by atoms with Gasteiger partial charge in [0, 0.05) is 29.6 Å². The van der Waals surface area contributed by atoms with E-state index in [4.69, 9.17) is 10.5 Å². The number of rotatable bonds is 8. The summed E-state index contributed by atoms with van der Waals surface area (Å²) in [6, 6.07) is 8.34. The molecule has 0 saturated heterocycles. The summed E-state index contributed by atoms with van der Waals surface area (Å²) in [5, 5.41) is 3.11. The quantitative estimate of drug-likeness (QED) is 0.256. The second-order valence-electron chi connectivity index (χ2n) is 5.57. The average Bonchev–Trinajstić information content (AvgIpc) is 2.45. The Labute approximate surface area is 159 Å². The van der Waals surface area contributed by atoms with Gasteiger partial charge >= 0.3 is 0 Å². The molecule has 0 aromatic heterocycles. The number of nitrogens with one attached hydrogen (secondary N) is 1. The van der Waals surface area contributed by atoms with Crippen molar-refractivity contribution in [2.24, 2.45) is 10.7 Å². The molecule has 1 rings (SSSR count). The Hall–Kier alpha value is -0.340. The van der Waals surface area contributed by atoms with Gasteiger partial charge in [0.2, 0.25) is 0 Å². The van der Waals surface area contributed by atoms with E-state index in [0.717, 1.165) is 30.7 Å². The van der Waals surface area contributed by atoms with Crippen LogP contribution >= 0.6 is 39.9 Å². The van der Waals surface area contributed by atoms with Crippen molar-refractivity contribution >= 4 is 45.9 Å². The van der Waals surface area contributed by atoms with Crippen molar-refractivity contribution in [2.45, 2.75) is 32.6 Å². The maximum Gasteiger partial charge on any atom is 0.188 e. The van der Waals surface area contributed by atoms with Crippen LogP contribution in [0.25, 0.3) is 0 Å². The van der Waals surface area contributed by atoms with Gasteiger partial charge in [-0.25, -0.2) is 0 Å². The molecule has 0 atom stereocenters. The van der Waals surface area contributed by atoms with E-state index in [-0.39, 0.29) is 29.4 Å². The molecular weight excluding hydrogens is 457 g/mol. The fourth-order valence-corrected chi connectivity index (χ4v) is 2.13. The molecule has 1 aromatic carbocycles. The summed E-state index contributed by atoms with van der Waals surface area (Å²) in [5.74, 6) is 0.497. The molecular formula is C16H27BrIN3O. The van der Waals surface area contributed by atoms with E-state index in [1.54, 1.807) is 0 Å². The second-order valence-corrected chi connectivity index (χ2v) is 6.49. The highest BCUT2D eigenvalue weighted by atomic mass is 127. The molecule has 0 unspecified atom stereocenters. The molecule has 0 saturated carbocycles. The molecule has 0 spiro atoms. The fourth-order valence-electron chi connectivity index (χ4n) is 1.87. The number of guanidine groups is 1. The van der Waals surface area contributed by atoms with Crippen molar-refractivity contribution in [1.29, 1.82) is 0 Å². The highest BCUT2D eigenvalue weighted by molar-refractivity contribution is 14.0. The van der Waals surface area contributed by atoms with E-state index in [1.807, 2.05) is 6.92 Å². The lowest BCUT2D eigenvalue weighted by molar-refractivity contribution is 0.145. The van der Waals surface area contributed by atoms with Crippen molar-refractivity contribution in [3.8, 4) is 0 Å². The van der Waals surface area contributed by atoms with Gasteiger partial charge in [-0.15, -0.1) is 24.0 Å². The topological polar surface area (TPSA) is 59.6 Å². The molecule has 0 fully saturated rings. The second kappa shape index (κ2) is 11.2. The first kappa shape index (κ1) is 21.7. The van der Waals surface area contributed by atoms with Crippen LogP contribution in [0.5, 0.6) is 0 Å². The number of nitrogens with zero attached hydrogens (tertiary/aromatic N) is 1. The minimum atomic E-state index is -0.0433. The summed E-state index contributed by atoms with van der Waals surface area (Å²) >= 11 is 3.45. The Morgan fingerprint density at radius 3 is 2.55 bits per heavy atom. The van der Waals surface area contributed by atoms with Crippen LogP contribution in [0.2, 0.25) is 0 Å². The number of nitrogens with two attached hydrogens (primary N) is 1. The van der Waals surface area contributed by atoms with E-state index in [0.29, 0.717) is 12.5 Å². The van der Waals surface area contributed by atoms with E-state index < -0.39 is 0 Å². The first-order valence-electron chi connectivity index (χ1n) is 7.33. The maximum absolute atomic E-state index is 5.89. The molecule has 0 aliphatic rings. The smallest absolute Gasteiger partial charge is 0.188 e. The van der Waals surface area contributed by atoms with Gasteiger partial charge in [-0.05, 0) is 31.0 Å². The van der Waals surface area contributed by atoms with Crippen LogP contribution in [0.15, 0.2) is 33.7 Å². The molecule has 0 radical (unpaired) electrons. The predicted octanol–water partition coefficient (Wildman–Crippen LogP) is 3.68. The maximum atomic E-state index is 5.89. The first-order valence-corrected chi connectivity index (χ1v) is 8.12. The van der Waals surface area contributed by atoms with Gasteiger partial charge in [0.05, 0.1) is 6.54 Å². The molecule has 0 aliphatic heterocycles. The van der Waals surface area contributed by atoms with Gasteiger partial charge in [0.25, 0.3) is 0 Å². The molecule has 1 aromatic rings. The highest BCUT2D eigenvalue weighted by Gasteiger charge is 2.20. The Balaban J connectivity index is 0.00000441. The summed E-state index contributed by atoms with van der Waals surface area (Å²) in [6.07, 6.45) is 0.931. The molecule has 4 nitrogen and oxygen atoms in total. The Morgan fingerprint density at radius 2 is 1.95 bits per heavy atom. The molecule has 0 heterocycles. The first-order chi connectivity index (χ1) is 9.95. The average molecular weight is 484 g/mol. The van der Waals surface area contributed by atoms with E-state index in [2.05, 4.69) is 64.4 Å². The van der Waals surface area contributed by atoms with Crippen molar-refractivity contribution in [1.82, 2.24) is 5.32 Å². The van der Waals surface area contributed by atoms with Gasteiger partial charge < -0.3 is 15.8 Å². The fraction of sp³-hybridized carbons (Fsp3) is 0.562. The van der Waals surface area contributed by atoms with Crippen LogP contribution in [0.4, 0.5) is 0 Å². The standard InChI is InChI=1S/C16H26BrN3O.HI/c1-4-21-11-5-10-19-15(18)20-12-16(2,3)13-6-8-14(17)9-7-13;/h6-9H,4-5,10-12H2,1-3H3,(H3,18,19,20);1H. The Bertz CT molecular complexity index is 449. The number of ether oxygens (including phenoxy) is 1. The summed E-state index contributed by atoms with van der Waals surface area (Å²) in [5.41, 5.74) is 7.09. The summed E-state index contributed by atoms with van der Waals surface area (Å²) in [6.45, 7) is 9.27. The van der Waals surface area contributed by atoms with Crippen molar-refractivity contribution in [3.63, 3.8) is 0 Å². The minimum Gasteiger partial charge on any atom is -0.382 e. The van der Waals surface area contributed by atoms with Crippen LogP contribution in [0, 0.1) is 0 Å². The third-order valence-electron chi connectivity index (χ3n) is 3.25. The highest BCUT2D eigenvalue weighted by Crippen LogP contribution is 2.24. The Morgan fingerprint density at radius 1 is 1.32 bits per heavy atom. The van der Waals surface area contributed by atoms with Crippen molar-refractivity contribution in [3.05, 3.63) is 34.3 Å². The molecule has 0 bridgehead atoms. The van der Waals surface area contributed by atoms with Crippen molar-refractivity contribution < 1.29 is 4.74 Å². The third-order valence-corrected chi connectivity index (χ3v) is 3.77. The number of hydrogen-bond donors (Lipinski definition) is 2. The lowest BCUT2D eigenvalue weighted by Gasteiger charge is -2.23. The zero-order valence-electron chi connectivity index (χ0n) is 13.6. The number of aliphatic imine (C=N–C) groups is 1. The summed E-state index contributed by atoms with van der Waals surface area (Å²) in [4.78, 5) is 4.44. The monoisotopic (exact) mass is 483 g/mol. The molecule has 126 valence electrons. The normalized spacial score (nSPS) is 11.9. The Kier molecular flexibility index (Phi) is 11.1. The molecule has 0 aliphatic carbocycles.